The predicted octanol–water partition coefficient (Wildman–Crippen LogP) is 1.72. The second kappa shape index (κ2) is 5.22. The molecular weight excluding hydrogens is 240 g/mol. The molecule has 1 aromatic heterocycles. The number of benzene rings is 1. The lowest BCUT2D eigenvalue weighted by atomic mass is 9.93. The van der Waals surface area contributed by atoms with Crippen molar-refractivity contribution >= 4 is 0 Å². The number of hydrogen-bond donors (Lipinski definition) is 1. The van der Waals surface area contributed by atoms with Crippen LogP contribution < -0.4 is 0 Å². The molecule has 0 aliphatic rings. The SMILES string of the molecule is CC(O)C(Cn1cncn1)c1cc(F)ccc1F. The third-order valence-corrected chi connectivity index (χ3v) is 2.79. The molecule has 2 unspecified atom stereocenters. The molecule has 1 aromatic carbocycles. The van der Waals surface area contributed by atoms with Gasteiger partial charge in [-0.25, -0.2) is 13.8 Å². The number of aromatic nitrogens is 3. The van der Waals surface area contributed by atoms with Crippen LogP contribution in [0.4, 0.5) is 8.78 Å². The topological polar surface area (TPSA) is 50.9 Å². The van der Waals surface area contributed by atoms with Gasteiger partial charge in [0.15, 0.2) is 0 Å². The minimum atomic E-state index is -0.828. The summed E-state index contributed by atoms with van der Waals surface area (Å²) in [6, 6.07) is 3.21. The van der Waals surface area contributed by atoms with Gasteiger partial charge in [-0.3, -0.25) is 4.68 Å². The summed E-state index contributed by atoms with van der Waals surface area (Å²) in [7, 11) is 0. The lowest BCUT2D eigenvalue weighted by Gasteiger charge is -2.20. The fraction of sp³-hybridized carbons (Fsp3) is 0.333. The van der Waals surface area contributed by atoms with Crippen molar-refractivity contribution in [2.45, 2.75) is 25.5 Å². The van der Waals surface area contributed by atoms with E-state index in [1.165, 1.54) is 24.3 Å². The average Bonchev–Trinajstić information content (AvgIpc) is 2.82. The van der Waals surface area contributed by atoms with Crippen molar-refractivity contribution < 1.29 is 13.9 Å². The molecule has 0 amide bonds. The maximum atomic E-state index is 13.7. The first-order chi connectivity index (χ1) is 8.58. The van der Waals surface area contributed by atoms with Gasteiger partial charge in [0.25, 0.3) is 0 Å². The molecule has 0 saturated carbocycles. The summed E-state index contributed by atoms with van der Waals surface area (Å²) in [5.74, 6) is -1.65. The van der Waals surface area contributed by atoms with E-state index in [0.29, 0.717) is 0 Å². The second-order valence-electron chi connectivity index (χ2n) is 4.13. The Bertz CT molecular complexity index is 514. The van der Waals surface area contributed by atoms with Crippen molar-refractivity contribution in [1.82, 2.24) is 14.8 Å². The number of aliphatic hydroxyl groups excluding tert-OH is 1. The van der Waals surface area contributed by atoms with E-state index < -0.39 is 23.7 Å². The van der Waals surface area contributed by atoms with E-state index in [1.807, 2.05) is 0 Å². The first-order valence-electron chi connectivity index (χ1n) is 5.53. The number of halogens is 2. The standard InChI is InChI=1S/C12H13F2N3O/c1-8(18)11(5-17-7-15-6-16-17)10-4-9(13)2-3-12(10)14/h2-4,6-8,11,18H,5H2,1H3. The number of aliphatic hydroxyl groups is 1. The number of rotatable bonds is 4. The van der Waals surface area contributed by atoms with Crippen LogP contribution in [0.1, 0.15) is 18.4 Å². The van der Waals surface area contributed by atoms with Crippen LogP contribution in [-0.4, -0.2) is 26.0 Å². The zero-order valence-corrected chi connectivity index (χ0v) is 9.79. The molecule has 96 valence electrons. The molecule has 4 nitrogen and oxygen atoms in total. The maximum absolute atomic E-state index is 13.7. The van der Waals surface area contributed by atoms with Crippen LogP contribution in [0.15, 0.2) is 30.9 Å². The van der Waals surface area contributed by atoms with Crippen LogP contribution in [-0.2, 0) is 6.54 Å². The van der Waals surface area contributed by atoms with Gasteiger partial charge in [0, 0.05) is 5.92 Å². The Hall–Kier alpha value is -1.82. The van der Waals surface area contributed by atoms with E-state index in [4.69, 9.17) is 0 Å². The van der Waals surface area contributed by atoms with Crippen molar-refractivity contribution in [3.63, 3.8) is 0 Å². The fourth-order valence-corrected chi connectivity index (χ4v) is 1.84. The highest BCUT2D eigenvalue weighted by Crippen LogP contribution is 2.25. The molecule has 0 saturated heterocycles. The van der Waals surface area contributed by atoms with Gasteiger partial charge in [-0.05, 0) is 30.7 Å². The summed E-state index contributed by atoms with van der Waals surface area (Å²) in [5.41, 5.74) is 0.139. The average molecular weight is 253 g/mol. The van der Waals surface area contributed by atoms with E-state index in [0.717, 1.165) is 18.2 Å². The Kier molecular flexibility index (Phi) is 3.66. The molecule has 0 radical (unpaired) electrons. The van der Waals surface area contributed by atoms with Crippen molar-refractivity contribution in [1.29, 1.82) is 0 Å². The normalized spacial score (nSPS) is 14.4. The summed E-state index contributed by atoms with van der Waals surface area (Å²) in [4.78, 5) is 3.77. The predicted molar refractivity (Wildman–Crippen MR) is 60.8 cm³/mol. The zero-order valence-electron chi connectivity index (χ0n) is 9.79. The minimum absolute atomic E-state index is 0.139. The van der Waals surface area contributed by atoms with E-state index in [9.17, 15) is 13.9 Å². The first kappa shape index (κ1) is 12.6. The Morgan fingerprint density at radius 1 is 1.39 bits per heavy atom. The van der Waals surface area contributed by atoms with Crippen LogP contribution in [0.3, 0.4) is 0 Å². The number of hydrogen-bond acceptors (Lipinski definition) is 3. The van der Waals surface area contributed by atoms with Crippen molar-refractivity contribution in [3.8, 4) is 0 Å². The van der Waals surface area contributed by atoms with E-state index in [2.05, 4.69) is 10.1 Å². The first-order valence-corrected chi connectivity index (χ1v) is 5.53. The van der Waals surface area contributed by atoms with Crippen LogP contribution in [0, 0.1) is 11.6 Å². The van der Waals surface area contributed by atoms with Gasteiger partial charge in [0.2, 0.25) is 0 Å². The number of nitrogens with zero attached hydrogens (tertiary/aromatic N) is 3. The molecule has 18 heavy (non-hydrogen) atoms. The molecule has 1 heterocycles. The Morgan fingerprint density at radius 2 is 2.17 bits per heavy atom. The van der Waals surface area contributed by atoms with Crippen molar-refractivity contribution in [2.75, 3.05) is 0 Å². The summed E-state index contributed by atoms with van der Waals surface area (Å²) in [5, 5.41) is 13.6. The molecule has 2 atom stereocenters. The Balaban J connectivity index is 2.32. The lowest BCUT2D eigenvalue weighted by molar-refractivity contribution is 0.148. The van der Waals surface area contributed by atoms with Crippen LogP contribution in [0.5, 0.6) is 0 Å². The maximum Gasteiger partial charge on any atom is 0.137 e. The molecule has 2 aromatic rings. The lowest BCUT2D eigenvalue weighted by Crippen LogP contribution is -2.22. The fourth-order valence-electron chi connectivity index (χ4n) is 1.84. The monoisotopic (exact) mass is 253 g/mol. The molecule has 1 N–H and O–H groups in total. The largest absolute Gasteiger partial charge is 0.393 e. The molecule has 0 fully saturated rings. The third kappa shape index (κ3) is 2.70. The Labute approximate surface area is 103 Å². The van der Waals surface area contributed by atoms with Gasteiger partial charge in [0.1, 0.15) is 24.3 Å². The van der Waals surface area contributed by atoms with E-state index in [-0.39, 0.29) is 12.1 Å². The molecule has 0 aliphatic carbocycles. The molecule has 6 heteroatoms. The van der Waals surface area contributed by atoms with Gasteiger partial charge in [-0.2, -0.15) is 5.10 Å². The summed E-state index contributed by atoms with van der Waals surface area (Å²) >= 11 is 0. The van der Waals surface area contributed by atoms with E-state index >= 15 is 0 Å². The highest BCUT2D eigenvalue weighted by Gasteiger charge is 2.22. The third-order valence-electron chi connectivity index (χ3n) is 2.79. The smallest absolute Gasteiger partial charge is 0.137 e. The highest BCUT2D eigenvalue weighted by molar-refractivity contribution is 5.23. The van der Waals surface area contributed by atoms with Gasteiger partial charge in [-0.15, -0.1) is 0 Å². The highest BCUT2D eigenvalue weighted by atomic mass is 19.1. The zero-order chi connectivity index (χ0) is 13.1. The molecule has 0 spiro atoms. The van der Waals surface area contributed by atoms with Crippen LogP contribution in [0.2, 0.25) is 0 Å². The quantitative estimate of drug-likeness (QED) is 0.902. The molecule has 0 aliphatic heterocycles. The second-order valence-corrected chi connectivity index (χ2v) is 4.13. The van der Waals surface area contributed by atoms with Crippen molar-refractivity contribution in [3.05, 3.63) is 48.1 Å². The van der Waals surface area contributed by atoms with E-state index in [1.54, 1.807) is 0 Å². The summed E-state index contributed by atoms with van der Waals surface area (Å²) in [6.07, 6.45) is 1.98. The summed E-state index contributed by atoms with van der Waals surface area (Å²) < 4.78 is 28.3. The van der Waals surface area contributed by atoms with Gasteiger partial charge in [0.05, 0.1) is 12.6 Å². The van der Waals surface area contributed by atoms with Crippen LogP contribution in [0.25, 0.3) is 0 Å². The van der Waals surface area contributed by atoms with Gasteiger partial charge < -0.3 is 5.11 Å². The minimum Gasteiger partial charge on any atom is -0.393 e. The van der Waals surface area contributed by atoms with Crippen LogP contribution >= 0.6 is 0 Å². The Morgan fingerprint density at radius 3 is 2.78 bits per heavy atom. The van der Waals surface area contributed by atoms with Gasteiger partial charge in [-0.1, -0.05) is 0 Å². The summed E-state index contributed by atoms with van der Waals surface area (Å²) in [6.45, 7) is 1.77. The molecule has 2 rings (SSSR count). The van der Waals surface area contributed by atoms with Gasteiger partial charge >= 0.3 is 0 Å². The van der Waals surface area contributed by atoms with Crippen molar-refractivity contribution in [2.24, 2.45) is 0 Å². The molecule has 0 bridgehead atoms. The molecular formula is C12H13F2N3O.